The lowest BCUT2D eigenvalue weighted by atomic mass is 10.1. The van der Waals surface area contributed by atoms with Crippen LogP contribution in [0.25, 0.3) is 0 Å². The Morgan fingerprint density at radius 1 is 1.23 bits per heavy atom. The molecule has 6 heteroatoms. The number of halogens is 2. The first-order chi connectivity index (χ1) is 10.5. The maximum Gasteiger partial charge on any atom is 0.315 e. The van der Waals surface area contributed by atoms with Crippen molar-refractivity contribution in [3.8, 4) is 0 Å². The van der Waals surface area contributed by atoms with E-state index in [1.54, 1.807) is 25.4 Å². The van der Waals surface area contributed by atoms with Crippen LogP contribution < -0.4 is 10.6 Å². The molecular formula is C16H17ClFN3O. The summed E-state index contributed by atoms with van der Waals surface area (Å²) in [6, 6.07) is 6.96. The van der Waals surface area contributed by atoms with Gasteiger partial charge in [-0.1, -0.05) is 23.7 Å². The second-order valence-corrected chi connectivity index (χ2v) is 5.42. The second kappa shape index (κ2) is 7.22. The van der Waals surface area contributed by atoms with Gasteiger partial charge >= 0.3 is 6.03 Å². The number of nitrogens with one attached hydrogen (secondary N) is 2. The van der Waals surface area contributed by atoms with E-state index in [9.17, 15) is 9.18 Å². The van der Waals surface area contributed by atoms with Crippen molar-refractivity contribution in [1.82, 2.24) is 15.6 Å². The topological polar surface area (TPSA) is 54.0 Å². The van der Waals surface area contributed by atoms with Crippen LogP contribution >= 0.6 is 11.6 Å². The first kappa shape index (κ1) is 16.2. The molecule has 2 aromatic rings. The Hall–Kier alpha value is -2.14. The molecule has 0 saturated carbocycles. The minimum absolute atomic E-state index is 0.176. The average Bonchev–Trinajstić information content (AvgIpc) is 2.47. The van der Waals surface area contributed by atoms with Gasteiger partial charge in [0.05, 0.1) is 12.1 Å². The van der Waals surface area contributed by atoms with Crippen LogP contribution in [0.3, 0.4) is 0 Å². The summed E-state index contributed by atoms with van der Waals surface area (Å²) in [4.78, 5) is 16.0. The first-order valence-electron chi connectivity index (χ1n) is 6.89. The third kappa shape index (κ3) is 4.18. The summed E-state index contributed by atoms with van der Waals surface area (Å²) in [5.41, 5.74) is 1.57. The number of urea groups is 1. The summed E-state index contributed by atoms with van der Waals surface area (Å²) >= 11 is 5.99. The molecule has 0 radical (unpaired) electrons. The lowest BCUT2D eigenvalue weighted by Gasteiger charge is -2.19. The van der Waals surface area contributed by atoms with Crippen molar-refractivity contribution >= 4 is 17.6 Å². The molecule has 0 fully saturated rings. The highest BCUT2D eigenvalue weighted by Gasteiger charge is 2.15. The normalized spacial score (nSPS) is 13.3. The van der Waals surface area contributed by atoms with Crippen molar-refractivity contribution in [1.29, 1.82) is 0 Å². The molecule has 2 atom stereocenters. The van der Waals surface area contributed by atoms with E-state index in [-0.39, 0.29) is 23.1 Å². The van der Waals surface area contributed by atoms with Crippen LogP contribution in [-0.4, -0.2) is 11.0 Å². The third-order valence-electron chi connectivity index (χ3n) is 3.31. The molecule has 2 N–H and O–H groups in total. The zero-order chi connectivity index (χ0) is 16.1. The van der Waals surface area contributed by atoms with Crippen molar-refractivity contribution in [2.45, 2.75) is 25.9 Å². The molecule has 1 aromatic heterocycles. The molecule has 0 aliphatic carbocycles. The molecule has 0 spiro atoms. The summed E-state index contributed by atoms with van der Waals surface area (Å²) in [6.07, 6.45) is 3.38. The molecule has 116 valence electrons. The summed E-state index contributed by atoms with van der Waals surface area (Å²) in [5, 5.41) is 5.89. The van der Waals surface area contributed by atoms with Crippen molar-refractivity contribution in [2.75, 3.05) is 0 Å². The molecule has 1 aromatic carbocycles. The summed E-state index contributed by atoms with van der Waals surface area (Å²) in [5.74, 6) is -0.407. The van der Waals surface area contributed by atoms with Crippen LogP contribution in [0, 0.1) is 5.82 Å². The third-order valence-corrected chi connectivity index (χ3v) is 3.64. The number of carbonyl (C=O) groups is 1. The second-order valence-electron chi connectivity index (χ2n) is 5.01. The van der Waals surface area contributed by atoms with Crippen molar-refractivity contribution in [3.63, 3.8) is 0 Å². The molecule has 1 heterocycles. The smallest absolute Gasteiger partial charge is 0.315 e. The molecule has 0 bridgehead atoms. The Labute approximate surface area is 133 Å². The van der Waals surface area contributed by atoms with Gasteiger partial charge in [-0.15, -0.1) is 0 Å². The maximum atomic E-state index is 13.0. The van der Waals surface area contributed by atoms with E-state index >= 15 is 0 Å². The van der Waals surface area contributed by atoms with Crippen molar-refractivity contribution < 1.29 is 9.18 Å². The number of rotatable bonds is 4. The fourth-order valence-corrected chi connectivity index (χ4v) is 2.41. The molecule has 0 aliphatic heterocycles. The Morgan fingerprint density at radius 2 is 1.95 bits per heavy atom. The van der Waals surface area contributed by atoms with Gasteiger partial charge in [0, 0.05) is 17.4 Å². The Morgan fingerprint density at radius 3 is 2.59 bits per heavy atom. The summed E-state index contributed by atoms with van der Waals surface area (Å²) in [6.45, 7) is 3.65. The van der Waals surface area contributed by atoms with E-state index in [0.717, 1.165) is 5.56 Å². The number of hydrogen-bond acceptors (Lipinski definition) is 2. The van der Waals surface area contributed by atoms with Crippen molar-refractivity contribution in [2.24, 2.45) is 0 Å². The van der Waals surface area contributed by atoms with Gasteiger partial charge in [-0.05, 0) is 43.2 Å². The highest BCUT2D eigenvalue weighted by molar-refractivity contribution is 6.31. The standard InChI is InChI=1S/C16H17ClFN3O/c1-10(12-4-3-7-19-9-12)20-16(22)21-11(2)14-6-5-13(18)8-15(14)17/h3-11H,1-2H3,(H2,20,21,22)/t10-,11+/m0/s1. The van der Waals surface area contributed by atoms with Crippen molar-refractivity contribution in [3.05, 3.63) is 64.7 Å². The van der Waals surface area contributed by atoms with Crippen LogP contribution in [0.4, 0.5) is 9.18 Å². The Balaban J connectivity index is 1.96. The molecule has 4 nitrogen and oxygen atoms in total. The fourth-order valence-electron chi connectivity index (χ4n) is 2.08. The van der Waals surface area contributed by atoms with E-state index in [0.29, 0.717) is 5.56 Å². The first-order valence-corrected chi connectivity index (χ1v) is 7.27. The molecule has 0 unspecified atom stereocenters. The average molecular weight is 322 g/mol. The van der Waals surface area contributed by atoms with Crippen LogP contribution in [0.5, 0.6) is 0 Å². The molecular weight excluding hydrogens is 305 g/mol. The van der Waals surface area contributed by atoms with E-state index in [2.05, 4.69) is 15.6 Å². The maximum absolute atomic E-state index is 13.0. The van der Waals surface area contributed by atoms with E-state index in [1.807, 2.05) is 19.1 Å². The molecule has 2 rings (SSSR count). The van der Waals surface area contributed by atoms with Gasteiger partial charge in [0.1, 0.15) is 5.82 Å². The minimum Gasteiger partial charge on any atom is -0.332 e. The van der Waals surface area contributed by atoms with Gasteiger partial charge in [0.25, 0.3) is 0 Å². The SMILES string of the molecule is C[C@H](NC(=O)N[C@H](C)c1ccc(F)cc1Cl)c1cccnc1. The van der Waals surface area contributed by atoms with Gasteiger partial charge in [0.15, 0.2) is 0 Å². The zero-order valence-corrected chi connectivity index (χ0v) is 13.1. The van der Waals surface area contributed by atoms with Crippen LogP contribution in [-0.2, 0) is 0 Å². The quantitative estimate of drug-likeness (QED) is 0.894. The van der Waals surface area contributed by atoms with E-state index in [1.165, 1.54) is 12.1 Å². The number of nitrogens with zero attached hydrogens (tertiary/aromatic N) is 1. The van der Waals surface area contributed by atoms with Crippen LogP contribution in [0.15, 0.2) is 42.7 Å². The number of pyridine rings is 1. The van der Waals surface area contributed by atoms with Crippen LogP contribution in [0.2, 0.25) is 5.02 Å². The summed E-state index contributed by atoms with van der Waals surface area (Å²) < 4.78 is 13.0. The zero-order valence-electron chi connectivity index (χ0n) is 12.3. The Bertz CT molecular complexity index is 651. The lowest BCUT2D eigenvalue weighted by Crippen LogP contribution is -2.38. The summed E-state index contributed by atoms with van der Waals surface area (Å²) in [7, 11) is 0. The molecule has 0 aliphatic rings. The number of carbonyl (C=O) groups excluding carboxylic acids is 1. The van der Waals surface area contributed by atoms with Gasteiger partial charge in [-0.3, -0.25) is 4.98 Å². The van der Waals surface area contributed by atoms with Gasteiger partial charge in [-0.25, -0.2) is 9.18 Å². The largest absolute Gasteiger partial charge is 0.332 e. The molecule has 0 saturated heterocycles. The van der Waals surface area contributed by atoms with Gasteiger partial charge < -0.3 is 10.6 Å². The monoisotopic (exact) mass is 321 g/mol. The molecule has 22 heavy (non-hydrogen) atoms. The molecule has 2 amide bonds. The lowest BCUT2D eigenvalue weighted by molar-refractivity contribution is 0.235. The van der Waals surface area contributed by atoms with Gasteiger partial charge in [0.2, 0.25) is 0 Å². The highest BCUT2D eigenvalue weighted by Crippen LogP contribution is 2.23. The number of hydrogen-bond donors (Lipinski definition) is 2. The van der Waals surface area contributed by atoms with E-state index in [4.69, 9.17) is 11.6 Å². The highest BCUT2D eigenvalue weighted by atomic mass is 35.5. The minimum atomic E-state index is -0.407. The number of amides is 2. The predicted molar refractivity (Wildman–Crippen MR) is 84.1 cm³/mol. The number of benzene rings is 1. The van der Waals surface area contributed by atoms with Gasteiger partial charge in [-0.2, -0.15) is 0 Å². The Kier molecular flexibility index (Phi) is 5.33. The van der Waals surface area contributed by atoms with Crippen LogP contribution in [0.1, 0.15) is 37.1 Å². The fraction of sp³-hybridized carbons (Fsp3) is 0.250. The predicted octanol–water partition coefficient (Wildman–Crippen LogP) is 4.00. The van der Waals surface area contributed by atoms with E-state index < -0.39 is 5.82 Å². The number of aromatic nitrogens is 1.